The largest absolute Gasteiger partial charge is 0.246 e. The normalized spacial score (nSPS) is 18.3. The Morgan fingerprint density at radius 1 is 1.67 bits per heavy atom. The van der Waals surface area contributed by atoms with Gasteiger partial charge in [0.25, 0.3) is 0 Å². The van der Waals surface area contributed by atoms with E-state index in [-0.39, 0.29) is 0 Å². The first-order valence-electron chi connectivity index (χ1n) is 3.21. The van der Waals surface area contributed by atoms with Crippen LogP contribution >= 0.6 is 11.3 Å². The molecule has 0 atom stereocenters. The third kappa shape index (κ3) is 0.990. The van der Waals surface area contributed by atoms with E-state index in [1.165, 1.54) is 18.5 Å². The highest BCUT2D eigenvalue weighted by Gasteiger charge is 2.25. The third-order valence-corrected chi connectivity index (χ3v) is 2.24. The number of thiazole rings is 1. The summed E-state index contributed by atoms with van der Waals surface area (Å²) in [5.41, 5.74) is 1.21. The maximum Gasteiger partial charge on any atom is 0.0904 e. The Bertz CT molecular complexity index is 212. The quantitative estimate of drug-likeness (QED) is 0.579. The molecule has 0 spiro atoms. The summed E-state index contributed by atoms with van der Waals surface area (Å²) in [4.78, 5) is 4.34. The van der Waals surface area contributed by atoms with Crippen LogP contribution in [0, 0.1) is 12.3 Å². The van der Waals surface area contributed by atoms with Gasteiger partial charge < -0.3 is 0 Å². The zero-order valence-corrected chi connectivity index (χ0v) is 6.16. The summed E-state index contributed by atoms with van der Waals surface area (Å²) >= 11 is 1.64. The number of rotatable bonds is 1. The van der Waals surface area contributed by atoms with E-state index < -0.39 is 0 Å². The number of aromatic nitrogens is 1. The lowest BCUT2D eigenvalue weighted by Crippen LogP contribution is -1.76. The standard InChI is InChI=1S/C7H8NS/c1-5-8-7(4-9-5)6-2-3-6/h6H,2-3H2,1H3. The molecule has 0 saturated heterocycles. The molecule has 1 aromatic heterocycles. The molecule has 1 aliphatic rings. The fourth-order valence-electron chi connectivity index (χ4n) is 0.873. The topological polar surface area (TPSA) is 12.9 Å². The van der Waals surface area contributed by atoms with Crippen LogP contribution in [0.25, 0.3) is 0 Å². The lowest BCUT2D eigenvalue weighted by Gasteiger charge is -1.82. The van der Waals surface area contributed by atoms with Crippen LogP contribution in [0.1, 0.15) is 29.5 Å². The summed E-state index contributed by atoms with van der Waals surface area (Å²) in [6.45, 7) is 2.03. The van der Waals surface area contributed by atoms with Gasteiger partial charge in [-0.3, -0.25) is 0 Å². The maximum atomic E-state index is 4.34. The van der Waals surface area contributed by atoms with Crippen LogP contribution in [0.4, 0.5) is 0 Å². The minimum atomic E-state index is 0.773. The van der Waals surface area contributed by atoms with Crippen molar-refractivity contribution < 1.29 is 0 Å². The van der Waals surface area contributed by atoms with Crippen molar-refractivity contribution in [2.75, 3.05) is 0 Å². The first-order chi connectivity index (χ1) is 4.36. The second kappa shape index (κ2) is 1.81. The van der Waals surface area contributed by atoms with Crippen molar-refractivity contribution in [2.45, 2.75) is 25.7 Å². The van der Waals surface area contributed by atoms with E-state index in [9.17, 15) is 0 Å². The molecular formula is C7H8NS. The highest BCUT2D eigenvalue weighted by Crippen LogP contribution is 2.39. The van der Waals surface area contributed by atoms with Gasteiger partial charge in [0.15, 0.2) is 0 Å². The Morgan fingerprint density at radius 2 is 2.44 bits per heavy atom. The molecule has 1 fully saturated rings. The van der Waals surface area contributed by atoms with Crippen LogP contribution in [-0.4, -0.2) is 4.98 Å². The maximum absolute atomic E-state index is 4.34. The number of hydrogen-bond donors (Lipinski definition) is 0. The molecule has 0 unspecified atom stereocenters. The minimum absolute atomic E-state index is 0.773. The zero-order chi connectivity index (χ0) is 6.27. The molecule has 1 nitrogen and oxygen atoms in total. The van der Waals surface area contributed by atoms with Crippen molar-refractivity contribution in [1.29, 1.82) is 0 Å². The number of aryl methyl sites for hydroxylation is 1. The van der Waals surface area contributed by atoms with E-state index in [1.54, 1.807) is 11.3 Å². The first-order valence-corrected chi connectivity index (χ1v) is 4.03. The van der Waals surface area contributed by atoms with E-state index in [1.807, 2.05) is 6.92 Å². The van der Waals surface area contributed by atoms with Crippen LogP contribution in [-0.2, 0) is 0 Å². The first kappa shape index (κ1) is 5.42. The highest BCUT2D eigenvalue weighted by atomic mass is 32.1. The van der Waals surface area contributed by atoms with Gasteiger partial charge in [0.1, 0.15) is 0 Å². The molecule has 0 bridgehead atoms. The third-order valence-electron chi connectivity index (χ3n) is 1.55. The lowest BCUT2D eigenvalue weighted by molar-refractivity contribution is 1.03. The van der Waals surface area contributed by atoms with Gasteiger partial charge in [0.05, 0.1) is 16.1 Å². The van der Waals surface area contributed by atoms with Gasteiger partial charge in [0.2, 0.25) is 0 Å². The number of nitrogens with zero attached hydrogens (tertiary/aromatic N) is 1. The lowest BCUT2D eigenvalue weighted by atomic mass is 10.3. The Balaban J connectivity index is 2.28. The highest BCUT2D eigenvalue weighted by molar-refractivity contribution is 7.09. The van der Waals surface area contributed by atoms with E-state index in [4.69, 9.17) is 0 Å². The smallest absolute Gasteiger partial charge is 0.0904 e. The molecule has 0 aromatic carbocycles. The second-order valence-corrected chi connectivity index (χ2v) is 3.49. The van der Waals surface area contributed by atoms with Crippen molar-refractivity contribution in [1.82, 2.24) is 4.98 Å². The van der Waals surface area contributed by atoms with Gasteiger partial charge in [-0.1, -0.05) is 0 Å². The van der Waals surface area contributed by atoms with Crippen molar-refractivity contribution in [3.8, 4) is 0 Å². The van der Waals surface area contributed by atoms with Gasteiger partial charge in [0, 0.05) is 5.92 Å². The van der Waals surface area contributed by atoms with Crippen LogP contribution in [0.5, 0.6) is 0 Å². The van der Waals surface area contributed by atoms with E-state index in [0.29, 0.717) is 0 Å². The molecule has 0 amide bonds. The van der Waals surface area contributed by atoms with Crippen molar-refractivity contribution >= 4 is 11.3 Å². The summed E-state index contributed by atoms with van der Waals surface area (Å²) in [5.74, 6) is 0.773. The van der Waals surface area contributed by atoms with Crippen LogP contribution < -0.4 is 0 Å². The molecule has 1 saturated carbocycles. The molecule has 9 heavy (non-hydrogen) atoms. The average Bonchev–Trinajstić information content (AvgIpc) is 2.58. The monoisotopic (exact) mass is 138 g/mol. The summed E-state index contributed by atoms with van der Waals surface area (Å²) in [6.07, 6.45) is 2.67. The molecular weight excluding hydrogens is 130 g/mol. The number of hydrogen-bond acceptors (Lipinski definition) is 2. The second-order valence-electron chi connectivity index (χ2n) is 2.49. The zero-order valence-electron chi connectivity index (χ0n) is 5.35. The minimum Gasteiger partial charge on any atom is -0.246 e. The fourth-order valence-corrected chi connectivity index (χ4v) is 1.48. The van der Waals surface area contributed by atoms with Crippen LogP contribution in [0.2, 0.25) is 0 Å². The van der Waals surface area contributed by atoms with Crippen LogP contribution in [0.15, 0.2) is 0 Å². The molecule has 1 radical (unpaired) electrons. The summed E-state index contributed by atoms with van der Waals surface area (Å²) < 4.78 is 0. The average molecular weight is 138 g/mol. The van der Waals surface area contributed by atoms with Crippen LogP contribution in [0.3, 0.4) is 0 Å². The van der Waals surface area contributed by atoms with Gasteiger partial charge in [-0.25, -0.2) is 4.98 Å². The van der Waals surface area contributed by atoms with Gasteiger partial charge >= 0.3 is 0 Å². The molecule has 0 aliphatic heterocycles. The van der Waals surface area contributed by atoms with E-state index in [2.05, 4.69) is 10.4 Å². The Hall–Kier alpha value is -0.370. The Morgan fingerprint density at radius 3 is 2.89 bits per heavy atom. The molecule has 1 aromatic rings. The van der Waals surface area contributed by atoms with Gasteiger partial charge in [-0.2, -0.15) is 0 Å². The molecule has 0 N–H and O–H groups in total. The molecule has 1 heterocycles. The molecule has 2 heteroatoms. The molecule has 1 aliphatic carbocycles. The Kier molecular flexibility index (Phi) is 1.09. The Labute approximate surface area is 58.7 Å². The summed E-state index contributed by atoms with van der Waals surface area (Å²) in [5, 5.41) is 4.35. The predicted octanol–water partition coefficient (Wildman–Crippen LogP) is 2.13. The summed E-state index contributed by atoms with van der Waals surface area (Å²) in [7, 11) is 0. The van der Waals surface area contributed by atoms with E-state index in [0.717, 1.165) is 10.9 Å². The van der Waals surface area contributed by atoms with Crippen molar-refractivity contribution in [2.24, 2.45) is 0 Å². The fraction of sp³-hybridized carbons (Fsp3) is 0.571. The summed E-state index contributed by atoms with van der Waals surface area (Å²) in [6, 6.07) is 0. The van der Waals surface area contributed by atoms with Gasteiger partial charge in [-0.05, 0) is 19.8 Å². The predicted molar refractivity (Wildman–Crippen MR) is 37.7 cm³/mol. The van der Waals surface area contributed by atoms with Gasteiger partial charge in [-0.15, -0.1) is 11.3 Å². The molecule has 47 valence electrons. The SMILES string of the molecule is Cc1nc(C2CC2)[c]s1. The van der Waals surface area contributed by atoms with Crippen molar-refractivity contribution in [3.05, 3.63) is 16.1 Å². The van der Waals surface area contributed by atoms with E-state index >= 15 is 0 Å². The van der Waals surface area contributed by atoms with Crippen molar-refractivity contribution in [3.63, 3.8) is 0 Å². The molecule has 2 rings (SSSR count).